The molecule has 0 aromatic heterocycles. The SMILES string of the molecule is CC(C)OC12CC1C(O)[C@H](O[C@@H]1C(CC(=O)NCC[N+](C)(C)CCCS(=O)(=O)O)O[C@@H](C)C(O)[C@H]1O)OC2CC(=O)NCC1CC2C=CC1C2. The summed E-state index contributed by atoms with van der Waals surface area (Å²) in [5.41, 5.74) is -0.867. The molecule has 13 atom stereocenters. The summed E-state index contributed by atoms with van der Waals surface area (Å²) in [7, 11) is -0.283. The number of amides is 2. The van der Waals surface area contributed by atoms with Gasteiger partial charge >= 0.3 is 0 Å². The van der Waals surface area contributed by atoms with Crippen molar-refractivity contribution in [2.75, 3.05) is 46.0 Å². The molecule has 2 saturated heterocycles. The zero-order valence-corrected chi connectivity index (χ0v) is 30.7. The number of nitrogens with one attached hydrogen (secondary N) is 2. The quantitative estimate of drug-likeness (QED) is 0.0649. The normalized spacial score (nSPS) is 39.4. The summed E-state index contributed by atoms with van der Waals surface area (Å²) in [4.78, 5) is 26.3. The van der Waals surface area contributed by atoms with Gasteiger partial charge in [-0.3, -0.25) is 14.1 Å². The van der Waals surface area contributed by atoms with Crippen molar-refractivity contribution in [2.45, 2.75) is 120 Å². The molecule has 9 unspecified atom stereocenters. The van der Waals surface area contributed by atoms with E-state index in [0.29, 0.717) is 48.3 Å². The van der Waals surface area contributed by atoms with Crippen molar-refractivity contribution in [3.63, 3.8) is 0 Å². The lowest BCUT2D eigenvalue weighted by Crippen LogP contribution is -2.61. The van der Waals surface area contributed by atoms with E-state index in [1.807, 2.05) is 27.9 Å². The third kappa shape index (κ3) is 9.62. The molecule has 0 radical (unpaired) electrons. The average Bonchev–Trinajstić information content (AvgIpc) is 3.35. The minimum atomic E-state index is -4.05. The molecule has 286 valence electrons. The van der Waals surface area contributed by atoms with Gasteiger partial charge in [-0.1, -0.05) is 12.2 Å². The van der Waals surface area contributed by atoms with Crippen molar-refractivity contribution in [1.82, 2.24) is 10.6 Å². The Bertz CT molecular complexity index is 1350. The summed E-state index contributed by atoms with van der Waals surface area (Å²) in [6.45, 7) is 7.15. The van der Waals surface area contributed by atoms with Gasteiger partial charge in [0.25, 0.3) is 10.1 Å². The molecular weight excluding hydrogens is 674 g/mol. The van der Waals surface area contributed by atoms with Gasteiger partial charge in [-0.2, -0.15) is 8.42 Å². The highest BCUT2D eigenvalue weighted by molar-refractivity contribution is 7.85. The number of hydrogen-bond donors (Lipinski definition) is 6. The summed E-state index contributed by atoms with van der Waals surface area (Å²) in [5, 5.41) is 39.1. The van der Waals surface area contributed by atoms with E-state index in [2.05, 4.69) is 22.8 Å². The molecule has 2 aliphatic heterocycles. The number of nitrogens with zero attached hydrogens (tertiary/aromatic N) is 1. The van der Waals surface area contributed by atoms with Crippen molar-refractivity contribution in [3.05, 3.63) is 12.2 Å². The smallest absolute Gasteiger partial charge is 0.265 e. The Morgan fingerprint density at radius 3 is 2.36 bits per heavy atom. The molecule has 2 amide bonds. The molecular formula is C34H58N3O12S+. The van der Waals surface area contributed by atoms with Crippen LogP contribution in [-0.2, 0) is 38.7 Å². The molecule has 16 heteroatoms. The third-order valence-electron chi connectivity index (χ3n) is 11.2. The molecule has 2 saturated carbocycles. The highest BCUT2D eigenvalue weighted by atomic mass is 32.2. The molecule has 4 fully saturated rings. The number of carbonyl (C=O) groups excluding carboxylic acids is 2. The van der Waals surface area contributed by atoms with Crippen LogP contribution < -0.4 is 10.6 Å². The number of ether oxygens (including phenoxy) is 4. The Labute approximate surface area is 295 Å². The largest absolute Gasteiger partial charge is 0.388 e. The maximum absolute atomic E-state index is 13.2. The first-order valence-electron chi connectivity index (χ1n) is 18.0. The van der Waals surface area contributed by atoms with Crippen LogP contribution in [0.3, 0.4) is 0 Å². The molecule has 6 N–H and O–H groups in total. The third-order valence-corrected chi connectivity index (χ3v) is 12.0. The molecule has 0 spiro atoms. The Kier molecular flexibility index (Phi) is 12.4. The van der Waals surface area contributed by atoms with Crippen LogP contribution in [0.15, 0.2) is 12.2 Å². The van der Waals surface area contributed by atoms with E-state index in [9.17, 15) is 33.3 Å². The minimum Gasteiger partial charge on any atom is -0.388 e. The van der Waals surface area contributed by atoms with Crippen LogP contribution in [-0.4, -0.2) is 151 Å². The zero-order valence-electron chi connectivity index (χ0n) is 29.8. The van der Waals surface area contributed by atoms with Crippen LogP contribution in [0.4, 0.5) is 0 Å². The number of quaternary nitrogens is 1. The number of aliphatic hydroxyl groups excluding tert-OH is 3. The van der Waals surface area contributed by atoms with Crippen molar-refractivity contribution in [2.24, 2.45) is 23.7 Å². The van der Waals surface area contributed by atoms with Gasteiger partial charge in [0, 0.05) is 18.9 Å². The zero-order chi connectivity index (χ0) is 36.6. The standard InChI is InChI=1S/C34H57N3O12S/c1-19(2)49-34-17-24(34)30(41)33(47-26(34)16-28(39)36-18-23-14-21-7-8-22(23)13-21)48-32-25(46-20(3)29(40)31(32)42)15-27(38)35-9-11-37(4,5)10-6-12-50(43,44)45/h7-8,19-26,29-33,40-42H,6,9-18H2,1-5H3,(H2-,35,36,38,39,43,44,45)/p+1/t20-,21?,22?,23?,24?,25?,26?,29?,30?,31+,32+,33-,34?/m0/s1. The fourth-order valence-corrected chi connectivity index (χ4v) is 8.86. The fourth-order valence-electron chi connectivity index (χ4n) is 8.36. The van der Waals surface area contributed by atoms with Crippen LogP contribution in [0.2, 0.25) is 0 Å². The number of likely N-dealkylation sites (N-methyl/N-ethyl adjacent to an activating group) is 1. The van der Waals surface area contributed by atoms with Gasteiger partial charge in [-0.25, -0.2) is 0 Å². The number of hydrogen-bond acceptors (Lipinski definition) is 11. The molecule has 3 aliphatic carbocycles. The Morgan fingerprint density at radius 1 is 1.00 bits per heavy atom. The Hall–Kier alpha value is -1.73. The number of allylic oxidation sites excluding steroid dienone is 2. The molecule has 5 aliphatic rings. The van der Waals surface area contributed by atoms with Crippen molar-refractivity contribution >= 4 is 21.9 Å². The molecule has 15 nitrogen and oxygen atoms in total. The number of rotatable bonds is 17. The predicted molar refractivity (Wildman–Crippen MR) is 180 cm³/mol. The predicted octanol–water partition coefficient (Wildman–Crippen LogP) is -0.271. The lowest BCUT2D eigenvalue weighted by Gasteiger charge is -2.45. The topological polar surface area (TPSA) is 210 Å². The summed E-state index contributed by atoms with van der Waals surface area (Å²) in [6, 6.07) is 0. The molecule has 0 aromatic rings. The van der Waals surface area contributed by atoms with E-state index in [-0.39, 0.29) is 49.5 Å². The van der Waals surface area contributed by atoms with Gasteiger partial charge in [0.15, 0.2) is 6.29 Å². The van der Waals surface area contributed by atoms with Crippen LogP contribution >= 0.6 is 0 Å². The molecule has 2 bridgehead atoms. The fraction of sp³-hybridized carbons (Fsp3) is 0.882. The van der Waals surface area contributed by atoms with Gasteiger partial charge in [0.2, 0.25) is 11.8 Å². The second kappa shape index (κ2) is 15.7. The lowest BCUT2D eigenvalue weighted by atomic mass is 9.93. The van der Waals surface area contributed by atoms with Crippen LogP contribution in [0.1, 0.15) is 59.3 Å². The van der Waals surface area contributed by atoms with E-state index in [0.717, 1.165) is 12.8 Å². The first-order valence-corrected chi connectivity index (χ1v) is 19.7. The second-order valence-corrected chi connectivity index (χ2v) is 17.6. The van der Waals surface area contributed by atoms with Crippen LogP contribution in [0, 0.1) is 23.7 Å². The second-order valence-electron chi connectivity index (χ2n) is 16.0. The summed E-state index contributed by atoms with van der Waals surface area (Å²) in [5.74, 6) is 0.196. The maximum atomic E-state index is 13.2. The Balaban J connectivity index is 1.19. The van der Waals surface area contributed by atoms with Crippen LogP contribution in [0.25, 0.3) is 0 Å². The highest BCUT2D eigenvalue weighted by Crippen LogP contribution is 2.58. The van der Waals surface area contributed by atoms with Gasteiger partial charge < -0.3 is 49.4 Å². The summed E-state index contributed by atoms with van der Waals surface area (Å²) >= 11 is 0. The van der Waals surface area contributed by atoms with E-state index in [1.54, 1.807) is 6.92 Å². The molecule has 2 heterocycles. The van der Waals surface area contributed by atoms with Gasteiger partial charge in [0.05, 0.1) is 76.7 Å². The van der Waals surface area contributed by atoms with E-state index >= 15 is 0 Å². The van der Waals surface area contributed by atoms with Gasteiger partial charge in [-0.15, -0.1) is 0 Å². The van der Waals surface area contributed by atoms with Crippen LogP contribution in [0.5, 0.6) is 0 Å². The maximum Gasteiger partial charge on any atom is 0.265 e. The highest BCUT2D eigenvalue weighted by Gasteiger charge is 2.70. The monoisotopic (exact) mass is 732 g/mol. The average molecular weight is 733 g/mol. The lowest BCUT2D eigenvalue weighted by molar-refractivity contribution is -0.889. The Morgan fingerprint density at radius 2 is 1.72 bits per heavy atom. The number of aliphatic hydroxyl groups is 3. The number of fused-ring (bicyclic) bond motifs is 3. The van der Waals surface area contributed by atoms with Crippen molar-refractivity contribution in [3.8, 4) is 0 Å². The molecule has 0 aromatic carbocycles. The summed E-state index contributed by atoms with van der Waals surface area (Å²) in [6.07, 6.45) is -1.98. The van der Waals surface area contributed by atoms with E-state index < -0.39 is 70.6 Å². The van der Waals surface area contributed by atoms with E-state index in [4.69, 9.17) is 23.5 Å². The van der Waals surface area contributed by atoms with Gasteiger partial charge in [-0.05, 0) is 57.8 Å². The first-order chi connectivity index (χ1) is 23.4. The van der Waals surface area contributed by atoms with Gasteiger partial charge in [0.1, 0.15) is 30.0 Å². The summed E-state index contributed by atoms with van der Waals surface area (Å²) < 4.78 is 56.2. The minimum absolute atomic E-state index is 0.00760. The van der Waals surface area contributed by atoms with E-state index in [1.165, 1.54) is 0 Å². The van der Waals surface area contributed by atoms with Crippen molar-refractivity contribution < 1.29 is 61.3 Å². The molecule has 5 rings (SSSR count). The molecule has 50 heavy (non-hydrogen) atoms. The number of carbonyl (C=O) groups is 2. The van der Waals surface area contributed by atoms with Crippen molar-refractivity contribution in [1.29, 1.82) is 0 Å². The first kappa shape index (κ1) is 39.5.